The predicted molar refractivity (Wildman–Crippen MR) is 38.3 cm³/mol. The number of para-hydroxylation sites is 1. The van der Waals surface area contributed by atoms with Gasteiger partial charge in [0.15, 0.2) is 0 Å². The van der Waals surface area contributed by atoms with Crippen molar-refractivity contribution in [3.05, 3.63) is 36.3 Å². The molecule has 2 rings (SSSR count). The Kier molecular flexibility index (Phi) is 1.01. The van der Waals surface area contributed by atoms with Crippen LogP contribution in [0.5, 0.6) is 0 Å². The highest BCUT2D eigenvalue weighted by Gasteiger charge is 1.97. The van der Waals surface area contributed by atoms with E-state index >= 15 is 0 Å². The highest BCUT2D eigenvalue weighted by molar-refractivity contribution is 5.79. The predicted octanol–water partition coefficient (Wildman–Crippen LogP) is 2.31. The Morgan fingerprint density at radius 3 is 2.90 bits per heavy atom. The van der Waals surface area contributed by atoms with Gasteiger partial charge in [0.2, 0.25) is 0 Å². The van der Waals surface area contributed by atoms with E-state index in [1.54, 1.807) is 12.3 Å². The number of aromatic nitrogens is 1. The summed E-state index contributed by atoms with van der Waals surface area (Å²) in [6.45, 7) is 0. The largest absolute Gasteiger partial charge is 0.359 e. The summed E-state index contributed by atoms with van der Waals surface area (Å²) < 4.78 is 12.8. The van der Waals surface area contributed by atoms with Gasteiger partial charge < -0.3 is 4.98 Å². The summed E-state index contributed by atoms with van der Waals surface area (Å²) in [5.41, 5.74) is 0.586. The number of fused-ring (bicyclic) bond motifs is 1. The molecule has 0 unspecified atom stereocenters. The van der Waals surface area contributed by atoms with E-state index < -0.39 is 0 Å². The Morgan fingerprint density at radius 1 is 1.20 bits per heavy atom. The molecule has 0 saturated heterocycles. The monoisotopic (exact) mass is 134 g/mol. The van der Waals surface area contributed by atoms with Crippen LogP contribution in [0.1, 0.15) is 0 Å². The number of H-pyrrole nitrogens is 1. The van der Waals surface area contributed by atoms with Crippen molar-refractivity contribution in [2.75, 3.05) is 0 Å². The van der Waals surface area contributed by atoms with E-state index in [1.165, 1.54) is 6.07 Å². The van der Waals surface area contributed by atoms with Gasteiger partial charge in [0.25, 0.3) is 0 Å². The van der Waals surface area contributed by atoms with E-state index in [0.29, 0.717) is 5.52 Å². The second-order valence-electron chi connectivity index (χ2n) is 2.18. The first-order chi connectivity index (χ1) is 4.88. The third-order valence-electron chi connectivity index (χ3n) is 1.54. The fourth-order valence-electron chi connectivity index (χ4n) is 1.05. The van der Waals surface area contributed by atoms with Crippen LogP contribution in [0.3, 0.4) is 0 Å². The van der Waals surface area contributed by atoms with Gasteiger partial charge in [0.1, 0.15) is 5.82 Å². The molecule has 10 heavy (non-hydrogen) atoms. The minimum Gasteiger partial charge on any atom is -0.359 e. The van der Waals surface area contributed by atoms with Crippen molar-refractivity contribution in [3.8, 4) is 0 Å². The average molecular weight is 134 g/mol. The van der Waals surface area contributed by atoms with Crippen LogP contribution < -0.4 is 0 Å². The Morgan fingerprint density at radius 2 is 2.10 bits per heavy atom. The molecule has 0 fully saturated rings. The number of aromatic amines is 1. The molecular weight excluding hydrogens is 128 g/mol. The van der Waals surface area contributed by atoms with Crippen molar-refractivity contribution in [2.24, 2.45) is 0 Å². The van der Waals surface area contributed by atoms with Crippen LogP contribution in [-0.2, 0) is 0 Å². The van der Waals surface area contributed by atoms with Gasteiger partial charge in [-0.2, -0.15) is 0 Å². The smallest absolute Gasteiger partial charge is 0.147 e. The van der Waals surface area contributed by atoms with E-state index in [0.717, 1.165) is 5.39 Å². The minimum absolute atomic E-state index is 0.192. The third kappa shape index (κ3) is 0.620. The number of rotatable bonds is 0. The first-order valence-electron chi connectivity index (χ1n) is 3.09. The van der Waals surface area contributed by atoms with E-state index in [4.69, 9.17) is 0 Å². The fraction of sp³-hybridized carbons (Fsp3) is 0. The standard InChI is InChI=1S/C8H6FN/c9-7-3-1-2-6-4-5-10-8(6)7/h1-5,10H/i9-1. The zero-order valence-electron chi connectivity index (χ0n) is 5.26. The maximum Gasteiger partial charge on any atom is 0.147 e. The van der Waals surface area contributed by atoms with Crippen molar-refractivity contribution >= 4 is 10.9 Å². The topological polar surface area (TPSA) is 15.8 Å². The molecule has 50 valence electrons. The van der Waals surface area contributed by atoms with Gasteiger partial charge in [0.05, 0.1) is 5.52 Å². The molecule has 2 aromatic rings. The Labute approximate surface area is 57.5 Å². The van der Waals surface area contributed by atoms with E-state index in [-0.39, 0.29) is 5.82 Å². The fourth-order valence-corrected chi connectivity index (χ4v) is 1.05. The second kappa shape index (κ2) is 1.84. The van der Waals surface area contributed by atoms with Gasteiger partial charge in [-0.05, 0) is 12.1 Å². The van der Waals surface area contributed by atoms with Gasteiger partial charge in [-0.15, -0.1) is 0 Å². The van der Waals surface area contributed by atoms with Crippen LogP contribution in [0, 0.1) is 5.82 Å². The van der Waals surface area contributed by atoms with E-state index in [2.05, 4.69) is 4.98 Å². The summed E-state index contributed by atoms with van der Waals surface area (Å²) in [4.78, 5) is 2.81. The summed E-state index contributed by atoms with van der Waals surface area (Å²) in [6.07, 6.45) is 1.73. The van der Waals surface area contributed by atoms with Gasteiger partial charge >= 0.3 is 0 Å². The number of hydrogen-bond donors (Lipinski definition) is 1. The molecule has 1 N–H and O–H groups in total. The van der Waals surface area contributed by atoms with Crippen LogP contribution >= 0.6 is 0 Å². The number of hydrogen-bond acceptors (Lipinski definition) is 0. The minimum atomic E-state index is -0.192. The molecule has 1 aromatic heterocycles. The van der Waals surface area contributed by atoms with Crippen molar-refractivity contribution in [3.63, 3.8) is 0 Å². The molecule has 0 spiro atoms. The number of halogens is 1. The summed E-state index contributed by atoms with van der Waals surface area (Å²) in [5.74, 6) is -0.192. The Balaban J connectivity index is 2.95. The molecule has 0 aliphatic rings. The molecule has 1 heterocycles. The summed E-state index contributed by atoms with van der Waals surface area (Å²) in [5, 5.41) is 0.917. The van der Waals surface area contributed by atoms with Crippen molar-refractivity contribution in [1.82, 2.24) is 4.98 Å². The lowest BCUT2D eigenvalue weighted by molar-refractivity contribution is 0.637. The Hall–Kier alpha value is -1.31. The van der Waals surface area contributed by atoms with Crippen LogP contribution in [0.2, 0.25) is 0 Å². The van der Waals surface area contributed by atoms with Gasteiger partial charge in [-0.1, -0.05) is 12.1 Å². The van der Waals surface area contributed by atoms with E-state index in [1.807, 2.05) is 12.1 Å². The molecule has 1 aromatic carbocycles. The van der Waals surface area contributed by atoms with Crippen LogP contribution in [0.25, 0.3) is 10.9 Å². The van der Waals surface area contributed by atoms with E-state index in [9.17, 15) is 4.39 Å². The van der Waals surface area contributed by atoms with Crippen LogP contribution in [0.15, 0.2) is 30.5 Å². The molecular formula is C8H6FN. The first-order valence-corrected chi connectivity index (χ1v) is 3.09. The maximum absolute atomic E-state index is 12.8. The lowest BCUT2D eigenvalue weighted by Gasteiger charge is -1.88. The highest BCUT2D eigenvalue weighted by atomic mass is 18.2. The lowest BCUT2D eigenvalue weighted by atomic mass is 10.2. The summed E-state index contributed by atoms with van der Waals surface area (Å²) in [6, 6.07) is 6.86. The molecule has 1 nitrogen and oxygen atoms in total. The molecule has 0 amide bonds. The van der Waals surface area contributed by atoms with Crippen LogP contribution in [-0.4, -0.2) is 4.98 Å². The second-order valence-corrected chi connectivity index (χ2v) is 2.18. The van der Waals surface area contributed by atoms with Gasteiger partial charge in [0, 0.05) is 11.6 Å². The van der Waals surface area contributed by atoms with Crippen molar-refractivity contribution in [1.29, 1.82) is 0 Å². The highest BCUT2D eigenvalue weighted by Crippen LogP contribution is 2.14. The summed E-state index contributed by atoms with van der Waals surface area (Å²) in [7, 11) is 0. The summed E-state index contributed by atoms with van der Waals surface area (Å²) >= 11 is 0. The van der Waals surface area contributed by atoms with Gasteiger partial charge in [-0.25, -0.2) is 4.39 Å². The number of nitrogens with one attached hydrogen (secondary N) is 1. The third-order valence-corrected chi connectivity index (χ3v) is 1.54. The molecule has 0 radical (unpaired) electrons. The average Bonchev–Trinajstić information content (AvgIpc) is 2.36. The lowest BCUT2D eigenvalue weighted by Crippen LogP contribution is -1.73. The van der Waals surface area contributed by atoms with Crippen molar-refractivity contribution in [2.45, 2.75) is 0 Å². The van der Waals surface area contributed by atoms with Crippen LogP contribution in [0.4, 0.5) is 4.39 Å². The molecule has 0 aliphatic heterocycles. The normalized spacial score (nSPS) is 10.5. The molecule has 0 atom stereocenters. The quantitative estimate of drug-likeness (QED) is 0.569. The maximum atomic E-state index is 12.8. The SMILES string of the molecule is [18F]c1cccc2cc[nH]c12. The molecule has 0 saturated carbocycles. The van der Waals surface area contributed by atoms with Gasteiger partial charge in [-0.3, -0.25) is 0 Å². The Bertz CT molecular complexity index is 351. The van der Waals surface area contributed by atoms with Crippen molar-refractivity contribution < 1.29 is 4.39 Å². The zero-order valence-corrected chi connectivity index (χ0v) is 5.26. The molecule has 0 aliphatic carbocycles. The number of benzene rings is 1. The molecule has 2 heteroatoms. The molecule has 0 bridgehead atoms. The first kappa shape index (κ1) is 5.47. The zero-order chi connectivity index (χ0) is 6.97.